The van der Waals surface area contributed by atoms with E-state index in [1.807, 2.05) is 49.4 Å². The standard InChI is InChI=1S/C27H38N6O/c1-3-4-5-6-7-8-9-10-11-15-21-33-31-26(30-32-33)24(23-18-13-12-14-19-23)27(34)29-25-22(2)17-16-20-28-25/h12-14,16-20,24H,3-11,15,21H2,1-2H3,(H,28,29,34)/t24-/m0/s1. The van der Waals surface area contributed by atoms with Crippen LogP contribution in [0.3, 0.4) is 0 Å². The summed E-state index contributed by atoms with van der Waals surface area (Å²) in [7, 11) is 0. The van der Waals surface area contributed by atoms with Crippen LogP contribution in [0, 0.1) is 6.92 Å². The zero-order valence-corrected chi connectivity index (χ0v) is 20.6. The van der Waals surface area contributed by atoms with E-state index >= 15 is 0 Å². The summed E-state index contributed by atoms with van der Waals surface area (Å²) in [6.45, 7) is 4.89. The van der Waals surface area contributed by atoms with Crippen LogP contribution >= 0.6 is 0 Å². The number of aromatic nitrogens is 5. The molecule has 0 radical (unpaired) electrons. The Bertz CT molecular complexity index is 988. The van der Waals surface area contributed by atoms with Gasteiger partial charge in [0.2, 0.25) is 5.91 Å². The predicted octanol–water partition coefficient (Wildman–Crippen LogP) is 6.07. The number of nitrogens with one attached hydrogen (secondary N) is 1. The van der Waals surface area contributed by atoms with Crippen LogP contribution in [0.1, 0.15) is 94.0 Å². The molecule has 1 aromatic carbocycles. The number of carbonyl (C=O) groups is 1. The molecule has 1 N–H and O–H groups in total. The molecule has 7 heteroatoms. The highest BCUT2D eigenvalue weighted by molar-refractivity contribution is 5.97. The highest BCUT2D eigenvalue weighted by Gasteiger charge is 2.28. The largest absolute Gasteiger partial charge is 0.310 e. The van der Waals surface area contributed by atoms with Crippen LogP contribution < -0.4 is 5.32 Å². The molecule has 0 aliphatic heterocycles. The third kappa shape index (κ3) is 8.04. The number of nitrogens with zero attached hydrogens (tertiary/aromatic N) is 5. The molecule has 0 spiro atoms. The van der Waals surface area contributed by atoms with E-state index in [9.17, 15) is 4.79 Å². The monoisotopic (exact) mass is 462 g/mol. The predicted molar refractivity (Wildman–Crippen MR) is 136 cm³/mol. The molecule has 0 bridgehead atoms. The Labute approximate surface area is 203 Å². The molecule has 2 aromatic heterocycles. The number of pyridine rings is 1. The van der Waals surface area contributed by atoms with E-state index in [2.05, 4.69) is 32.6 Å². The topological polar surface area (TPSA) is 85.6 Å². The smallest absolute Gasteiger partial charge is 0.240 e. The lowest BCUT2D eigenvalue weighted by molar-refractivity contribution is -0.116. The van der Waals surface area contributed by atoms with Gasteiger partial charge in [0, 0.05) is 6.20 Å². The van der Waals surface area contributed by atoms with E-state index in [4.69, 9.17) is 0 Å². The van der Waals surface area contributed by atoms with Crippen LogP contribution in [0.2, 0.25) is 0 Å². The summed E-state index contributed by atoms with van der Waals surface area (Å²) >= 11 is 0. The third-order valence-corrected chi connectivity index (χ3v) is 6.08. The summed E-state index contributed by atoms with van der Waals surface area (Å²) in [4.78, 5) is 19.2. The van der Waals surface area contributed by atoms with Gasteiger partial charge in [-0.1, -0.05) is 101 Å². The summed E-state index contributed by atoms with van der Waals surface area (Å²) in [5.74, 6) is 0.0890. The highest BCUT2D eigenvalue weighted by atomic mass is 16.2. The number of rotatable bonds is 15. The van der Waals surface area contributed by atoms with Gasteiger partial charge in [-0.25, -0.2) is 4.98 Å². The Hall–Kier alpha value is -3.09. The fourth-order valence-electron chi connectivity index (χ4n) is 4.08. The van der Waals surface area contributed by atoms with Crippen LogP contribution in [-0.4, -0.2) is 31.1 Å². The number of hydrogen-bond donors (Lipinski definition) is 1. The van der Waals surface area contributed by atoms with Crippen LogP contribution in [0.4, 0.5) is 5.82 Å². The summed E-state index contributed by atoms with van der Waals surface area (Å²) < 4.78 is 0. The second kappa shape index (κ2) is 14.2. The van der Waals surface area contributed by atoms with Crippen molar-refractivity contribution in [1.82, 2.24) is 25.2 Å². The average molecular weight is 463 g/mol. The molecular formula is C27H38N6O. The quantitative estimate of drug-likeness (QED) is 0.277. The first-order chi connectivity index (χ1) is 16.7. The molecule has 0 saturated carbocycles. The molecule has 7 nitrogen and oxygen atoms in total. The Kier molecular flexibility index (Phi) is 10.7. The van der Waals surface area contributed by atoms with E-state index in [0.29, 0.717) is 18.2 Å². The van der Waals surface area contributed by atoms with Gasteiger partial charge < -0.3 is 5.32 Å². The van der Waals surface area contributed by atoms with Crippen LogP contribution in [0.25, 0.3) is 0 Å². The number of carbonyl (C=O) groups excluding carboxylic acids is 1. The Balaban J connectivity index is 1.53. The molecule has 1 atom stereocenters. The van der Waals surface area contributed by atoms with Gasteiger partial charge in [-0.15, -0.1) is 10.2 Å². The van der Waals surface area contributed by atoms with Gasteiger partial charge in [0.05, 0.1) is 6.54 Å². The number of tetrazole rings is 1. The average Bonchev–Trinajstić information content (AvgIpc) is 3.31. The van der Waals surface area contributed by atoms with Crippen molar-refractivity contribution in [3.63, 3.8) is 0 Å². The van der Waals surface area contributed by atoms with Crippen molar-refractivity contribution in [2.24, 2.45) is 0 Å². The van der Waals surface area contributed by atoms with E-state index in [1.165, 1.54) is 51.4 Å². The summed E-state index contributed by atoms with van der Waals surface area (Å²) in [6, 6.07) is 13.3. The summed E-state index contributed by atoms with van der Waals surface area (Å²) in [5, 5.41) is 16.0. The van der Waals surface area contributed by atoms with Crippen LogP contribution in [0.5, 0.6) is 0 Å². The fourth-order valence-corrected chi connectivity index (χ4v) is 4.08. The zero-order valence-electron chi connectivity index (χ0n) is 20.6. The van der Waals surface area contributed by atoms with Crippen molar-refractivity contribution in [1.29, 1.82) is 0 Å². The van der Waals surface area contributed by atoms with E-state index in [0.717, 1.165) is 24.0 Å². The van der Waals surface area contributed by atoms with E-state index < -0.39 is 5.92 Å². The number of unbranched alkanes of at least 4 members (excludes halogenated alkanes) is 9. The Morgan fingerprint density at radius 3 is 2.26 bits per heavy atom. The summed E-state index contributed by atoms with van der Waals surface area (Å²) in [5.41, 5.74) is 1.73. The first-order valence-corrected chi connectivity index (χ1v) is 12.7. The molecule has 0 unspecified atom stereocenters. The van der Waals surface area contributed by atoms with Gasteiger partial charge in [0.25, 0.3) is 0 Å². The number of anilines is 1. The lowest BCUT2D eigenvalue weighted by Crippen LogP contribution is -2.24. The first kappa shape index (κ1) is 25.5. The van der Waals surface area contributed by atoms with Gasteiger partial charge in [-0.2, -0.15) is 4.80 Å². The van der Waals surface area contributed by atoms with Crippen molar-refractivity contribution in [3.8, 4) is 0 Å². The molecule has 3 rings (SSSR count). The molecule has 0 aliphatic carbocycles. The minimum atomic E-state index is -0.649. The second-order valence-electron chi connectivity index (χ2n) is 8.93. The molecule has 0 fully saturated rings. The van der Waals surface area contributed by atoms with Gasteiger partial charge in [0.15, 0.2) is 5.82 Å². The Morgan fingerprint density at radius 1 is 0.912 bits per heavy atom. The molecule has 1 amide bonds. The second-order valence-corrected chi connectivity index (χ2v) is 8.93. The van der Waals surface area contributed by atoms with Crippen molar-refractivity contribution in [3.05, 3.63) is 65.6 Å². The van der Waals surface area contributed by atoms with Gasteiger partial charge in [-0.05, 0) is 35.8 Å². The SMILES string of the molecule is CCCCCCCCCCCCn1nnc([C@@H](C(=O)Nc2ncccc2C)c2ccccc2)n1. The Morgan fingerprint density at radius 2 is 1.59 bits per heavy atom. The number of aryl methyl sites for hydroxylation is 2. The van der Waals surface area contributed by atoms with Gasteiger partial charge >= 0.3 is 0 Å². The molecule has 0 aliphatic rings. The third-order valence-electron chi connectivity index (χ3n) is 6.08. The molecule has 0 saturated heterocycles. The first-order valence-electron chi connectivity index (χ1n) is 12.7. The maximum atomic E-state index is 13.3. The minimum absolute atomic E-state index is 0.216. The van der Waals surface area contributed by atoms with Crippen molar-refractivity contribution in [2.45, 2.75) is 90.5 Å². The van der Waals surface area contributed by atoms with Gasteiger partial charge in [-0.3, -0.25) is 4.79 Å². The lowest BCUT2D eigenvalue weighted by atomic mass is 9.97. The summed E-state index contributed by atoms with van der Waals surface area (Å²) in [6.07, 6.45) is 14.5. The molecule has 3 aromatic rings. The van der Waals surface area contributed by atoms with Crippen molar-refractivity contribution in [2.75, 3.05) is 5.32 Å². The van der Waals surface area contributed by atoms with Gasteiger partial charge in [0.1, 0.15) is 11.7 Å². The number of amides is 1. The van der Waals surface area contributed by atoms with E-state index in [-0.39, 0.29) is 5.91 Å². The maximum absolute atomic E-state index is 13.3. The fraction of sp³-hybridized carbons (Fsp3) is 0.519. The molecule has 34 heavy (non-hydrogen) atoms. The van der Waals surface area contributed by atoms with E-state index in [1.54, 1.807) is 11.0 Å². The molecular weight excluding hydrogens is 424 g/mol. The van der Waals surface area contributed by atoms with Crippen LogP contribution in [-0.2, 0) is 11.3 Å². The van der Waals surface area contributed by atoms with Crippen LogP contribution in [0.15, 0.2) is 48.7 Å². The number of hydrogen-bond acceptors (Lipinski definition) is 5. The zero-order chi connectivity index (χ0) is 24.0. The van der Waals surface area contributed by atoms with Crippen molar-refractivity contribution < 1.29 is 4.79 Å². The lowest BCUT2D eigenvalue weighted by Gasteiger charge is -2.14. The normalized spacial score (nSPS) is 11.9. The number of benzene rings is 1. The highest BCUT2D eigenvalue weighted by Crippen LogP contribution is 2.24. The minimum Gasteiger partial charge on any atom is -0.310 e. The maximum Gasteiger partial charge on any atom is 0.240 e. The van der Waals surface area contributed by atoms with Crippen molar-refractivity contribution >= 4 is 11.7 Å². The molecule has 182 valence electrons. The molecule has 2 heterocycles.